The Bertz CT molecular complexity index is 331. The minimum absolute atomic E-state index is 0.0503. The lowest BCUT2D eigenvalue weighted by atomic mass is 9.82. The highest BCUT2D eigenvalue weighted by molar-refractivity contribution is 7.50. The van der Waals surface area contributed by atoms with Crippen LogP contribution >= 0.6 is 7.77 Å². The molecule has 1 aromatic rings. The van der Waals surface area contributed by atoms with E-state index in [1.54, 1.807) is 0 Å². The highest BCUT2D eigenvalue weighted by Gasteiger charge is 2.33. The Morgan fingerprint density at radius 1 is 1.31 bits per heavy atom. The first-order chi connectivity index (χ1) is 6.21. The topological polar surface area (TPSA) is 23.1 Å². The molecule has 0 N–H and O–H groups in total. The second kappa shape index (κ2) is 3.25. The Morgan fingerprint density at radius 3 is 2.54 bits per heavy atom. The Balaban J connectivity index is 2.37. The highest BCUT2D eigenvalue weighted by Crippen LogP contribution is 2.37. The largest absolute Gasteiger partial charge is 0.631 e. The van der Waals surface area contributed by atoms with Crippen LogP contribution in [0.4, 0.5) is 0 Å². The zero-order valence-electron chi connectivity index (χ0n) is 7.73. The monoisotopic (exact) mass is 192 g/mol. The van der Waals surface area contributed by atoms with Crippen LogP contribution in [0.2, 0.25) is 0 Å². The molecular weight excluding hydrogens is 179 g/mol. The van der Waals surface area contributed by atoms with Crippen molar-refractivity contribution in [3.8, 4) is 0 Å². The third-order valence-corrected chi connectivity index (χ3v) is 4.24. The van der Waals surface area contributed by atoms with Gasteiger partial charge in [-0.3, -0.25) is 0 Å². The van der Waals surface area contributed by atoms with Gasteiger partial charge in [-0.1, -0.05) is 30.3 Å². The predicted octanol–water partition coefficient (Wildman–Crippen LogP) is 1.91. The van der Waals surface area contributed by atoms with E-state index < -0.39 is 7.77 Å². The summed E-state index contributed by atoms with van der Waals surface area (Å²) in [5.41, 5.74) is 1.34. The third kappa shape index (κ3) is 1.67. The van der Waals surface area contributed by atoms with E-state index in [-0.39, 0.29) is 5.41 Å². The predicted molar refractivity (Wildman–Crippen MR) is 56.3 cm³/mol. The SMILES string of the molecule is CC1(c2ccccc2)C=[P+]([O-])CC1. The summed E-state index contributed by atoms with van der Waals surface area (Å²) in [5, 5.41) is 0. The molecule has 2 rings (SSSR count). The van der Waals surface area contributed by atoms with Crippen LogP contribution in [0.1, 0.15) is 18.9 Å². The van der Waals surface area contributed by atoms with Gasteiger partial charge in [-0.05, 0) is 12.5 Å². The molecule has 0 fully saturated rings. The molecule has 2 unspecified atom stereocenters. The fourth-order valence-corrected chi connectivity index (χ4v) is 3.55. The van der Waals surface area contributed by atoms with Crippen molar-refractivity contribution >= 4 is 13.6 Å². The molecule has 1 heterocycles. The lowest BCUT2D eigenvalue weighted by Gasteiger charge is -2.18. The molecule has 0 aliphatic carbocycles. The molecular formula is C11H13OP. The van der Waals surface area contributed by atoms with Crippen LogP contribution in [-0.2, 0) is 5.41 Å². The second-order valence-electron chi connectivity index (χ2n) is 3.80. The fraction of sp³-hybridized carbons (Fsp3) is 0.364. The number of hydrogen-bond acceptors (Lipinski definition) is 1. The summed E-state index contributed by atoms with van der Waals surface area (Å²) in [5.74, 6) is 2.01. The van der Waals surface area contributed by atoms with E-state index in [4.69, 9.17) is 0 Å². The van der Waals surface area contributed by atoms with Crippen molar-refractivity contribution in [2.24, 2.45) is 0 Å². The summed E-state index contributed by atoms with van der Waals surface area (Å²) in [6.45, 7) is 2.17. The van der Waals surface area contributed by atoms with E-state index in [0.717, 1.165) is 12.6 Å². The Kier molecular flexibility index (Phi) is 2.23. The van der Waals surface area contributed by atoms with Crippen molar-refractivity contribution in [2.45, 2.75) is 18.8 Å². The van der Waals surface area contributed by atoms with Crippen molar-refractivity contribution in [3.63, 3.8) is 0 Å². The molecule has 0 saturated carbocycles. The van der Waals surface area contributed by atoms with Crippen molar-refractivity contribution in [1.82, 2.24) is 0 Å². The Labute approximate surface area is 79.9 Å². The summed E-state index contributed by atoms with van der Waals surface area (Å²) >= 11 is 0. The van der Waals surface area contributed by atoms with Gasteiger partial charge in [-0.2, -0.15) is 0 Å². The third-order valence-electron chi connectivity index (χ3n) is 2.71. The molecule has 1 nitrogen and oxygen atoms in total. The first-order valence-corrected chi connectivity index (χ1v) is 6.07. The average molecular weight is 192 g/mol. The van der Waals surface area contributed by atoms with Gasteiger partial charge in [0.05, 0.1) is 11.2 Å². The van der Waals surface area contributed by atoms with E-state index in [1.807, 2.05) is 24.0 Å². The lowest BCUT2D eigenvalue weighted by Crippen LogP contribution is -2.20. The highest BCUT2D eigenvalue weighted by atomic mass is 31.1. The molecule has 1 aliphatic heterocycles. The van der Waals surface area contributed by atoms with Crippen molar-refractivity contribution in [1.29, 1.82) is 0 Å². The molecule has 0 bridgehead atoms. The van der Waals surface area contributed by atoms with Crippen LogP contribution in [0.5, 0.6) is 0 Å². The molecule has 0 saturated heterocycles. The van der Waals surface area contributed by atoms with Gasteiger partial charge in [0.2, 0.25) is 0 Å². The van der Waals surface area contributed by atoms with Crippen molar-refractivity contribution in [2.75, 3.05) is 6.16 Å². The molecule has 1 aromatic carbocycles. The van der Waals surface area contributed by atoms with Gasteiger partial charge in [0.25, 0.3) is 0 Å². The summed E-state index contributed by atoms with van der Waals surface area (Å²) in [6, 6.07) is 10.3. The number of benzene rings is 1. The Hall–Kier alpha value is -0.650. The van der Waals surface area contributed by atoms with E-state index in [1.165, 1.54) is 5.56 Å². The molecule has 1 aliphatic rings. The van der Waals surface area contributed by atoms with Crippen LogP contribution in [0, 0.1) is 0 Å². The molecule has 2 atom stereocenters. The summed E-state index contributed by atoms with van der Waals surface area (Å²) in [6.07, 6.45) is 1.87. The molecule has 0 aromatic heterocycles. The van der Waals surface area contributed by atoms with E-state index in [9.17, 15) is 4.89 Å². The molecule has 0 radical (unpaired) electrons. The van der Waals surface area contributed by atoms with Gasteiger partial charge in [0.15, 0.2) is 0 Å². The molecule has 0 amide bonds. The van der Waals surface area contributed by atoms with Gasteiger partial charge in [-0.25, -0.2) is 0 Å². The maximum atomic E-state index is 11.3. The average Bonchev–Trinajstić information content (AvgIpc) is 2.49. The van der Waals surface area contributed by atoms with E-state index >= 15 is 0 Å². The normalized spacial score (nSPS) is 30.2. The van der Waals surface area contributed by atoms with Crippen molar-refractivity contribution < 1.29 is 4.89 Å². The smallest absolute Gasteiger partial charge is 0.104 e. The second-order valence-corrected chi connectivity index (χ2v) is 5.34. The van der Waals surface area contributed by atoms with E-state index in [2.05, 4.69) is 19.1 Å². The number of rotatable bonds is 1. The van der Waals surface area contributed by atoms with Gasteiger partial charge in [0, 0.05) is 14.2 Å². The van der Waals surface area contributed by atoms with E-state index in [0.29, 0.717) is 0 Å². The van der Waals surface area contributed by atoms with Gasteiger partial charge in [0.1, 0.15) is 6.16 Å². The standard InChI is InChI=1S/C11H13OP/c1-11(7-8-13(12)9-11)10-5-3-2-4-6-10/h2-6,9H,7-8H2,1H3. The van der Waals surface area contributed by atoms with Gasteiger partial charge < -0.3 is 4.89 Å². The first-order valence-electron chi connectivity index (χ1n) is 4.56. The molecule has 0 spiro atoms. The molecule has 2 heteroatoms. The summed E-state index contributed by atoms with van der Waals surface area (Å²) in [4.78, 5) is 11.3. The summed E-state index contributed by atoms with van der Waals surface area (Å²) in [7, 11) is -1.05. The maximum absolute atomic E-state index is 11.3. The minimum atomic E-state index is -1.05. The van der Waals surface area contributed by atoms with Gasteiger partial charge >= 0.3 is 0 Å². The fourth-order valence-electron chi connectivity index (χ4n) is 1.83. The zero-order valence-corrected chi connectivity index (χ0v) is 8.63. The van der Waals surface area contributed by atoms with Crippen LogP contribution < -0.4 is 4.89 Å². The summed E-state index contributed by atoms with van der Waals surface area (Å²) < 4.78 is 0. The van der Waals surface area contributed by atoms with Crippen LogP contribution in [0.3, 0.4) is 0 Å². The molecule has 13 heavy (non-hydrogen) atoms. The lowest BCUT2D eigenvalue weighted by molar-refractivity contribution is -0.152. The van der Waals surface area contributed by atoms with Crippen molar-refractivity contribution in [3.05, 3.63) is 35.9 Å². The molecule has 68 valence electrons. The first kappa shape index (κ1) is 8.93. The maximum Gasteiger partial charge on any atom is 0.104 e. The quantitative estimate of drug-likeness (QED) is 0.623. The van der Waals surface area contributed by atoms with Crippen LogP contribution in [0.25, 0.3) is 0 Å². The zero-order chi connectivity index (χ0) is 9.31. The number of hydrogen-bond donors (Lipinski definition) is 0. The Morgan fingerprint density at radius 2 is 2.00 bits per heavy atom. The van der Waals surface area contributed by atoms with Crippen LogP contribution in [-0.4, -0.2) is 12.0 Å². The van der Waals surface area contributed by atoms with Crippen LogP contribution in [0.15, 0.2) is 30.3 Å². The van der Waals surface area contributed by atoms with Gasteiger partial charge in [-0.15, -0.1) is 0 Å². The minimum Gasteiger partial charge on any atom is -0.631 e.